The van der Waals surface area contributed by atoms with Crippen molar-refractivity contribution < 1.29 is 14.3 Å². The Kier molecular flexibility index (Phi) is 5.29. The van der Waals surface area contributed by atoms with Gasteiger partial charge >= 0.3 is 6.03 Å². The molecule has 0 spiro atoms. The van der Waals surface area contributed by atoms with Gasteiger partial charge < -0.3 is 20.3 Å². The molecule has 0 radical (unpaired) electrons. The van der Waals surface area contributed by atoms with E-state index in [0.717, 1.165) is 18.1 Å². The van der Waals surface area contributed by atoms with Crippen LogP contribution in [-0.4, -0.2) is 46.4 Å². The number of aromatic nitrogens is 3. The van der Waals surface area contributed by atoms with Gasteiger partial charge in [-0.15, -0.1) is 0 Å². The third kappa shape index (κ3) is 4.18. The van der Waals surface area contributed by atoms with E-state index in [2.05, 4.69) is 20.7 Å². The van der Waals surface area contributed by atoms with E-state index in [0.29, 0.717) is 30.2 Å². The predicted octanol–water partition coefficient (Wildman–Crippen LogP) is 1.85. The highest BCUT2D eigenvalue weighted by atomic mass is 16.5. The average molecular weight is 372 g/mol. The molecule has 1 aromatic heterocycles. The summed E-state index contributed by atoms with van der Waals surface area (Å²) >= 11 is 0. The number of likely N-dealkylation sites (N-methyl/N-ethyl adjacent to an activating group) is 1. The maximum absolute atomic E-state index is 12.1. The highest BCUT2D eigenvalue weighted by Gasteiger charge is 2.29. The summed E-state index contributed by atoms with van der Waals surface area (Å²) in [7, 11) is 1.69. The maximum Gasteiger partial charge on any atom is 0.319 e. The molecule has 1 aliphatic rings. The number of nitrogens with one attached hydrogen (secondary N) is 2. The Labute approximate surface area is 157 Å². The summed E-state index contributed by atoms with van der Waals surface area (Å²) in [6.07, 6.45) is 0.228. The summed E-state index contributed by atoms with van der Waals surface area (Å²) < 4.78 is 7.40. The minimum Gasteiger partial charge on any atom is -0.479 e. The fourth-order valence-corrected chi connectivity index (χ4v) is 2.97. The molecule has 0 fully saturated rings. The Morgan fingerprint density at radius 1 is 1.33 bits per heavy atom. The number of anilines is 2. The van der Waals surface area contributed by atoms with Crippen LogP contribution in [0.1, 0.15) is 25.0 Å². The summed E-state index contributed by atoms with van der Waals surface area (Å²) in [6.45, 7) is 6.67. The third-order valence-electron chi connectivity index (χ3n) is 4.36. The third-order valence-corrected chi connectivity index (χ3v) is 4.36. The highest BCUT2D eigenvalue weighted by molar-refractivity contribution is 6.00. The fourth-order valence-electron chi connectivity index (χ4n) is 2.97. The first-order valence-electron chi connectivity index (χ1n) is 8.86. The molecule has 2 N–H and O–H groups in total. The van der Waals surface area contributed by atoms with Crippen LogP contribution in [0, 0.1) is 13.8 Å². The largest absolute Gasteiger partial charge is 0.479 e. The molecular formula is C18H24N6O3. The molecule has 0 saturated carbocycles. The first-order chi connectivity index (χ1) is 12.8. The van der Waals surface area contributed by atoms with Gasteiger partial charge in [0.05, 0.1) is 5.69 Å². The van der Waals surface area contributed by atoms with Gasteiger partial charge in [0, 0.05) is 25.8 Å². The van der Waals surface area contributed by atoms with Crippen LogP contribution in [0.2, 0.25) is 0 Å². The molecule has 0 unspecified atom stereocenters. The molecule has 3 rings (SSSR count). The number of hydrogen-bond acceptors (Lipinski definition) is 5. The molecule has 0 bridgehead atoms. The molecule has 1 atom stereocenters. The second kappa shape index (κ2) is 7.65. The Morgan fingerprint density at radius 3 is 2.81 bits per heavy atom. The van der Waals surface area contributed by atoms with Crippen LogP contribution in [0.25, 0.3) is 0 Å². The van der Waals surface area contributed by atoms with Crippen molar-refractivity contribution in [3.8, 4) is 5.75 Å². The van der Waals surface area contributed by atoms with Crippen LogP contribution in [0.5, 0.6) is 5.75 Å². The van der Waals surface area contributed by atoms with Crippen molar-refractivity contribution in [2.75, 3.05) is 23.8 Å². The topological polar surface area (TPSA) is 101 Å². The molecule has 2 aromatic rings. The lowest BCUT2D eigenvalue weighted by Crippen LogP contribution is -2.42. The van der Waals surface area contributed by atoms with Crippen molar-refractivity contribution in [1.82, 2.24) is 20.1 Å². The standard InChI is InChI=1S/C18H24N6O3/c1-11-17(25)23(4)15-10-14(6-7-16(15)27-11)21-18(26)19-8-5-9-24-13(3)20-12(2)22-24/h6-7,10-11H,5,8-9H2,1-4H3,(H2,19,21,26)/t11-/m1/s1. The first-order valence-corrected chi connectivity index (χ1v) is 8.86. The van der Waals surface area contributed by atoms with Gasteiger partial charge in [-0.05, 0) is 45.4 Å². The summed E-state index contributed by atoms with van der Waals surface area (Å²) in [5.74, 6) is 2.10. The molecule has 144 valence electrons. The molecular weight excluding hydrogens is 348 g/mol. The second-order valence-corrected chi connectivity index (χ2v) is 6.50. The normalized spacial score (nSPS) is 15.9. The van der Waals surface area contributed by atoms with Gasteiger partial charge in [0.2, 0.25) is 0 Å². The van der Waals surface area contributed by atoms with E-state index in [9.17, 15) is 9.59 Å². The zero-order valence-electron chi connectivity index (χ0n) is 15.9. The molecule has 1 aromatic carbocycles. The van der Waals surface area contributed by atoms with Crippen LogP contribution in [0.3, 0.4) is 0 Å². The van der Waals surface area contributed by atoms with Gasteiger partial charge in [-0.25, -0.2) is 9.78 Å². The number of amides is 3. The summed E-state index contributed by atoms with van der Waals surface area (Å²) in [5.41, 5.74) is 1.22. The van der Waals surface area contributed by atoms with E-state index in [4.69, 9.17) is 4.74 Å². The second-order valence-electron chi connectivity index (χ2n) is 6.50. The number of nitrogens with zero attached hydrogens (tertiary/aromatic N) is 4. The fraction of sp³-hybridized carbons (Fsp3) is 0.444. The number of benzene rings is 1. The molecule has 27 heavy (non-hydrogen) atoms. The SMILES string of the molecule is Cc1nc(C)n(CCCNC(=O)Nc2ccc3c(c2)N(C)C(=O)[C@@H](C)O3)n1. The number of ether oxygens (including phenoxy) is 1. The highest BCUT2D eigenvalue weighted by Crippen LogP contribution is 2.35. The molecule has 0 saturated heterocycles. The quantitative estimate of drug-likeness (QED) is 0.780. The van der Waals surface area contributed by atoms with E-state index < -0.39 is 6.10 Å². The van der Waals surface area contributed by atoms with Gasteiger partial charge in [-0.2, -0.15) is 5.10 Å². The van der Waals surface area contributed by atoms with Crippen LogP contribution in [0.15, 0.2) is 18.2 Å². The molecule has 1 aliphatic heterocycles. The van der Waals surface area contributed by atoms with Crippen molar-refractivity contribution in [1.29, 1.82) is 0 Å². The van der Waals surface area contributed by atoms with Gasteiger partial charge in [-0.3, -0.25) is 9.48 Å². The van der Waals surface area contributed by atoms with Crippen molar-refractivity contribution in [3.05, 3.63) is 29.8 Å². The molecule has 3 amide bonds. The van der Waals surface area contributed by atoms with Crippen LogP contribution in [-0.2, 0) is 11.3 Å². The van der Waals surface area contributed by atoms with Crippen molar-refractivity contribution >= 4 is 23.3 Å². The minimum absolute atomic E-state index is 0.122. The predicted molar refractivity (Wildman–Crippen MR) is 101 cm³/mol. The zero-order chi connectivity index (χ0) is 19.6. The lowest BCUT2D eigenvalue weighted by molar-refractivity contribution is -0.125. The van der Waals surface area contributed by atoms with Crippen LogP contribution < -0.4 is 20.3 Å². The number of carbonyl (C=O) groups is 2. The Bertz CT molecular complexity index is 863. The number of urea groups is 1. The summed E-state index contributed by atoms with van der Waals surface area (Å²) in [6, 6.07) is 4.91. The number of hydrogen-bond donors (Lipinski definition) is 2. The first kappa shape index (κ1) is 18.7. The maximum atomic E-state index is 12.1. The average Bonchev–Trinajstić information content (AvgIpc) is 2.95. The van der Waals surface area contributed by atoms with Gasteiger partial charge in [-0.1, -0.05) is 0 Å². The van der Waals surface area contributed by atoms with E-state index >= 15 is 0 Å². The Hall–Kier alpha value is -3.10. The van der Waals surface area contributed by atoms with Crippen LogP contribution >= 0.6 is 0 Å². The number of aryl methyl sites for hydroxylation is 3. The Balaban J connectivity index is 1.51. The monoisotopic (exact) mass is 372 g/mol. The smallest absolute Gasteiger partial charge is 0.319 e. The zero-order valence-corrected chi connectivity index (χ0v) is 15.9. The molecule has 9 nitrogen and oxygen atoms in total. The molecule has 9 heteroatoms. The molecule has 2 heterocycles. The Morgan fingerprint density at radius 2 is 2.11 bits per heavy atom. The molecule has 0 aliphatic carbocycles. The van der Waals surface area contributed by atoms with Crippen molar-refractivity contribution in [2.24, 2.45) is 0 Å². The summed E-state index contributed by atoms with van der Waals surface area (Å²) in [5, 5.41) is 9.87. The van der Waals surface area contributed by atoms with Gasteiger partial charge in [0.25, 0.3) is 5.91 Å². The minimum atomic E-state index is -0.512. The van der Waals surface area contributed by atoms with E-state index in [1.165, 1.54) is 4.90 Å². The summed E-state index contributed by atoms with van der Waals surface area (Å²) in [4.78, 5) is 29.9. The number of fused-ring (bicyclic) bond motifs is 1. The van der Waals surface area contributed by atoms with E-state index in [1.807, 2.05) is 18.5 Å². The number of carbonyl (C=O) groups excluding carboxylic acids is 2. The lowest BCUT2D eigenvalue weighted by atomic mass is 10.2. The van der Waals surface area contributed by atoms with Crippen molar-refractivity contribution in [3.63, 3.8) is 0 Å². The van der Waals surface area contributed by atoms with E-state index in [1.54, 1.807) is 32.2 Å². The lowest BCUT2D eigenvalue weighted by Gasteiger charge is -2.30. The van der Waals surface area contributed by atoms with Crippen LogP contribution in [0.4, 0.5) is 16.2 Å². The number of rotatable bonds is 5. The van der Waals surface area contributed by atoms with Crippen molar-refractivity contribution in [2.45, 2.75) is 39.8 Å². The van der Waals surface area contributed by atoms with Gasteiger partial charge in [0.1, 0.15) is 17.4 Å². The van der Waals surface area contributed by atoms with E-state index in [-0.39, 0.29) is 11.9 Å². The van der Waals surface area contributed by atoms with Gasteiger partial charge in [0.15, 0.2) is 6.10 Å².